The molecule has 2 rings (SSSR count). The van der Waals surface area contributed by atoms with Crippen LogP contribution in [0.25, 0.3) is 0 Å². The molecule has 1 aromatic heterocycles. The number of methoxy groups -OCH3 is 1. The van der Waals surface area contributed by atoms with E-state index in [1.807, 2.05) is 30.3 Å². The lowest BCUT2D eigenvalue weighted by Crippen LogP contribution is -2.36. The van der Waals surface area contributed by atoms with E-state index in [1.54, 1.807) is 13.4 Å². The van der Waals surface area contributed by atoms with Crippen molar-refractivity contribution >= 4 is 0 Å². The zero-order valence-electron chi connectivity index (χ0n) is 15.4. The second-order valence-corrected chi connectivity index (χ2v) is 6.69. The molecule has 5 nitrogen and oxygen atoms in total. The fourth-order valence-electron chi connectivity index (χ4n) is 2.79. The molecule has 1 aromatic carbocycles. The Morgan fingerprint density at radius 3 is 2.68 bits per heavy atom. The fourth-order valence-corrected chi connectivity index (χ4v) is 2.79. The molecule has 0 aliphatic rings. The molecule has 0 saturated carbocycles. The highest BCUT2D eigenvalue weighted by Crippen LogP contribution is 2.15. The topological polar surface area (TPSA) is 55.1 Å². The van der Waals surface area contributed by atoms with Crippen LogP contribution in [0.4, 0.5) is 0 Å². The number of aliphatic hydroxyl groups is 1. The minimum absolute atomic E-state index is 0.285. The van der Waals surface area contributed by atoms with Crippen LogP contribution >= 0.6 is 0 Å². The molecule has 0 unspecified atom stereocenters. The Morgan fingerprint density at radius 2 is 2.00 bits per heavy atom. The largest absolute Gasteiger partial charge is 0.497 e. The van der Waals surface area contributed by atoms with Gasteiger partial charge in [0.15, 0.2) is 0 Å². The quantitative estimate of drug-likeness (QED) is 0.676. The molecule has 0 aliphatic carbocycles. The summed E-state index contributed by atoms with van der Waals surface area (Å²) in [5.41, 5.74) is 1.17. The van der Waals surface area contributed by atoms with Crippen molar-refractivity contribution in [1.82, 2.24) is 4.90 Å². The third-order valence-electron chi connectivity index (χ3n) is 3.77. The highest BCUT2D eigenvalue weighted by Gasteiger charge is 2.14. The van der Waals surface area contributed by atoms with Gasteiger partial charge in [-0.3, -0.25) is 4.90 Å². The number of rotatable bonds is 11. The number of furan rings is 1. The van der Waals surface area contributed by atoms with Crippen LogP contribution in [0.5, 0.6) is 5.75 Å². The summed E-state index contributed by atoms with van der Waals surface area (Å²) in [7, 11) is 1.67. The van der Waals surface area contributed by atoms with Gasteiger partial charge in [0.2, 0.25) is 0 Å². The average molecular weight is 347 g/mol. The van der Waals surface area contributed by atoms with Gasteiger partial charge in [-0.25, -0.2) is 0 Å². The van der Waals surface area contributed by atoms with Crippen molar-refractivity contribution in [1.29, 1.82) is 0 Å². The maximum atomic E-state index is 10.3. The molecule has 1 N–H and O–H groups in total. The Morgan fingerprint density at radius 1 is 1.16 bits per heavy atom. The van der Waals surface area contributed by atoms with E-state index in [4.69, 9.17) is 13.9 Å². The number of ether oxygens (including phenoxy) is 2. The average Bonchev–Trinajstić information content (AvgIpc) is 3.07. The molecule has 138 valence electrons. The first-order chi connectivity index (χ1) is 12.1. The zero-order valence-corrected chi connectivity index (χ0v) is 15.4. The van der Waals surface area contributed by atoms with Gasteiger partial charge in [-0.15, -0.1) is 0 Å². The van der Waals surface area contributed by atoms with Gasteiger partial charge in [0.1, 0.15) is 18.1 Å². The predicted octanol–water partition coefficient (Wildman–Crippen LogP) is 3.32. The highest BCUT2D eigenvalue weighted by molar-refractivity contribution is 5.28. The number of aliphatic hydroxyl groups excluding tert-OH is 1. The van der Waals surface area contributed by atoms with Gasteiger partial charge in [-0.2, -0.15) is 0 Å². The fraction of sp³-hybridized carbons (Fsp3) is 0.500. The molecule has 2 aromatic rings. The van der Waals surface area contributed by atoms with Crippen molar-refractivity contribution in [2.75, 3.05) is 26.8 Å². The standard InChI is InChI=1S/C20H29NO4/c1-16(2)11-21(12-17-6-4-7-19(10-17)23-3)13-18(22)14-24-15-20-8-5-9-25-20/h4-10,16,18,22H,11-15H2,1-3H3/t18-/m0/s1. The Balaban J connectivity index is 1.85. The smallest absolute Gasteiger partial charge is 0.129 e. The zero-order chi connectivity index (χ0) is 18.1. The van der Waals surface area contributed by atoms with Gasteiger partial charge in [-0.05, 0) is 35.7 Å². The SMILES string of the molecule is COc1cccc(CN(CC(C)C)C[C@H](O)COCc2ccco2)c1. The minimum Gasteiger partial charge on any atom is -0.497 e. The van der Waals surface area contributed by atoms with Crippen molar-refractivity contribution in [2.24, 2.45) is 5.92 Å². The van der Waals surface area contributed by atoms with E-state index >= 15 is 0 Å². The van der Waals surface area contributed by atoms with E-state index in [2.05, 4.69) is 24.8 Å². The van der Waals surface area contributed by atoms with Crippen LogP contribution in [0.15, 0.2) is 47.1 Å². The molecular weight excluding hydrogens is 318 g/mol. The number of hydrogen-bond acceptors (Lipinski definition) is 5. The molecule has 5 heteroatoms. The first-order valence-corrected chi connectivity index (χ1v) is 8.70. The summed E-state index contributed by atoms with van der Waals surface area (Å²) < 4.78 is 16.1. The predicted molar refractivity (Wildman–Crippen MR) is 97.5 cm³/mol. The van der Waals surface area contributed by atoms with Crippen molar-refractivity contribution in [3.63, 3.8) is 0 Å². The summed E-state index contributed by atoms with van der Waals surface area (Å²) >= 11 is 0. The van der Waals surface area contributed by atoms with Crippen molar-refractivity contribution in [2.45, 2.75) is 33.1 Å². The second kappa shape index (κ2) is 10.2. The van der Waals surface area contributed by atoms with Crippen LogP contribution in [0.3, 0.4) is 0 Å². The summed E-state index contributed by atoms with van der Waals surface area (Å²) in [6.45, 7) is 7.26. The molecule has 0 spiro atoms. The number of hydrogen-bond donors (Lipinski definition) is 1. The third-order valence-corrected chi connectivity index (χ3v) is 3.77. The van der Waals surface area contributed by atoms with Gasteiger partial charge in [-0.1, -0.05) is 26.0 Å². The van der Waals surface area contributed by atoms with Crippen molar-refractivity contribution in [3.8, 4) is 5.75 Å². The lowest BCUT2D eigenvalue weighted by molar-refractivity contribution is 0.00223. The Bertz CT molecular complexity index is 598. The van der Waals surface area contributed by atoms with E-state index in [-0.39, 0.29) is 6.61 Å². The van der Waals surface area contributed by atoms with E-state index in [1.165, 1.54) is 5.56 Å². The van der Waals surface area contributed by atoms with Crippen LogP contribution < -0.4 is 4.74 Å². The molecule has 1 heterocycles. The Labute approximate surface area is 150 Å². The minimum atomic E-state index is -0.542. The molecule has 0 radical (unpaired) electrons. The highest BCUT2D eigenvalue weighted by atomic mass is 16.5. The molecule has 1 atom stereocenters. The molecule has 0 amide bonds. The molecule has 0 bridgehead atoms. The summed E-state index contributed by atoms with van der Waals surface area (Å²) in [6, 6.07) is 11.7. The summed E-state index contributed by atoms with van der Waals surface area (Å²) in [6.07, 6.45) is 1.08. The lowest BCUT2D eigenvalue weighted by atomic mass is 10.1. The summed E-state index contributed by atoms with van der Waals surface area (Å²) in [4.78, 5) is 2.25. The maximum Gasteiger partial charge on any atom is 0.129 e. The van der Waals surface area contributed by atoms with E-state index in [0.29, 0.717) is 19.1 Å². The van der Waals surface area contributed by atoms with Crippen molar-refractivity contribution < 1.29 is 19.0 Å². The molecule has 0 fully saturated rings. The number of nitrogens with zero attached hydrogens (tertiary/aromatic N) is 1. The first kappa shape index (κ1) is 19.5. The molecular formula is C20H29NO4. The summed E-state index contributed by atoms with van der Waals surface area (Å²) in [5.74, 6) is 2.13. The maximum absolute atomic E-state index is 10.3. The first-order valence-electron chi connectivity index (χ1n) is 8.70. The van der Waals surface area contributed by atoms with Crippen molar-refractivity contribution in [3.05, 3.63) is 54.0 Å². The normalized spacial score (nSPS) is 12.7. The van der Waals surface area contributed by atoms with Gasteiger partial charge in [0.05, 0.1) is 26.1 Å². The van der Waals surface area contributed by atoms with Crippen LogP contribution in [-0.4, -0.2) is 42.9 Å². The number of benzene rings is 1. The van der Waals surface area contributed by atoms with Crippen LogP contribution in [0.1, 0.15) is 25.2 Å². The van der Waals surface area contributed by atoms with E-state index in [0.717, 1.165) is 24.6 Å². The monoisotopic (exact) mass is 347 g/mol. The van der Waals surface area contributed by atoms with Crippen LogP contribution in [-0.2, 0) is 17.9 Å². The van der Waals surface area contributed by atoms with Gasteiger partial charge >= 0.3 is 0 Å². The van der Waals surface area contributed by atoms with Gasteiger partial charge in [0.25, 0.3) is 0 Å². The van der Waals surface area contributed by atoms with Gasteiger partial charge in [0, 0.05) is 19.6 Å². The van der Waals surface area contributed by atoms with Gasteiger partial charge < -0.3 is 19.0 Å². The molecule has 0 aliphatic heterocycles. The third kappa shape index (κ3) is 7.30. The molecule has 0 saturated heterocycles. The lowest BCUT2D eigenvalue weighted by Gasteiger charge is -2.27. The summed E-state index contributed by atoms with van der Waals surface area (Å²) in [5, 5.41) is 10.3. The Hall–Kier alpha value is -1.82. The van der Waals surface area contributed by atoms with E-state index in [9.17, 15) is 5.11 Å². The van der Waals surface area contributed by atoms with E-state index < -0.39 is 6.10 Å². The molecule has 25 heavy (non-hydrogen) atoms. The van der Waals surface area contributed by atoms with Crippen LogP contribution in [0.2, 0.25) is 0 Å². The van der Waals surface area contributed by atoms with Crippen LogP contribution in [0, 0.1) is 5.92 Å². The second-order valence-electron chi connectivity index (χ2n) is 6.69. The Kier molecular flexibility index (Phi) is 7.98.